The van der Waals surface area contributed by atoms with Gasteiger partial charge in [-0.25, -0.2) is 0 Å². The van der Waals surface area contributed by atoms with Crippen molar-refractivity contribution >= 4 is 17.5 Å². The Kier molecular flexibility index (Phi) is 6.77. The van der Waals surface area contributed by atoms with E-state index in [1.165, 1.54) is 21.3 Å². The Labute approximate surface area is 151 Å². The summed E-state index contributed by atoms with van der Waals surface area (Å²) < 4.78 is 21.3. The molecule has 1 amide bonds. The maximum absolute atomic E-state index is 12.4. The summed E-state index contributed by atoms with van der Waals surface area (Å²) in [7, 11) is 4.48. The predicted molar refractivity (Wildman–Crippen MR) is 95.4 cm³/mol. The molecule has 0 aliphatic rings. The lowest BCUT2D eigenvalue weighted by molar-refractivity contribution is 0.0943. The van der Waals surface area contributed by atoms with Gasteiger partial charge in [-0.3, -0.25) is 4.79 Å². The highest BCUT2D eigenvalue weighted by Gasteiger charge is 2.20. The fourth-order valence-corrected chi connectivity index (χ4v) is 2.37. The van der Waals surface area contributed by atoms with E-state index in [4.69, 9.17) is 30.5 Å². The van der Waals surface area contributed by atoms with Crippen molar-refractivity contribution in [2.75, 3.05) is 34.5 Å². The number of nitrogens with one attached hydrogen (secondary N) is 1. The molecule has 0 aliphatic carbocycles. The van der Waals surface area contributed by atoms with Gasteiger partial charge in [-0.05, 0) is 36.4 Å². The van der Waals surface area contributed by atoms with Gasteiger partial charge < -0.3 is 24.3 Å². The lowest BCUT2D eigenvalue weighted by Crippen LogP contribution is -2.28. The van der Waals surface area contributed by atoms with Crippen LogP contribution >= 0.6 is 11.6 Å². The van der Waals surface area contributed by atoms with Crippen molar-refractivity contribution in [3.8, 4) is 23.0 Å². The van der Waals surface area contributed by atoms with E-state index in [-0.39, 0.29) is 5.91 Å². The van der Waals surface area contributed by atoms with E-state index < -0.39 is 0 Å². The fraction of sp³-hybridized carbons (Fsp3) is 0.278. The van der Waals surface area contributed by atoms with Gasteiger partial charge in [0.15, 0.2) is 11.5 Å². The predicted octanol–water partition coefficient (Wildman–Crippen LogP) is 3.17. The van der Waals surface area contributed by atoms with Crippen molar-refractivity contribution in [2.45, 2.75) is 0 Å². The van der Waals surface area contributed by atoms with Crippen LogP contribution < -0.4 is 24.3 Å². The summed E-state index contributed by atoms with van der Waals surface area (Å²) in [5.74, 6) is 1.56. The van der Waals surface area contributed by atoms with Crippen molar-refractivity contribution in [1.29, 1.82) is 0 Å². The molecule has 0 radical (unpaired) electrons. The van der Waals surface area contributed by atoms with Gasteiger partial charge in [0.25, 0.3) is 5.91 Å². The molecule has 2 aromatic carbocycles. The van der Waals surface area contributed by atoms with Crippen LogP contribution in [0.15, 0.2) is 36.4 Å². The molecule has 0 spiro atoms. The largest absolute Gasteiger partial charge is 0.493 e. The highest BCUT2D eigenvalue weighted by molar-refractivity contribution is 6.30. The first-order chi connectivity index (χ1) is 12.1. The van der Waals surface area contributed by atoms with Crippen molar-refractivity contribution in [2.24, 2.45) is 0 Å². The number of rotatable bonds is 8. The zero-order valence-corrected chi connectivity index (χ0v) is 15.1. The highest BCUT2D eigenvalue weighted by Crippen LogP contribution is 2.39. The number of methoxy groups -OCH3 is 3. The highest BCUT2D eigenvalue weighted by atomic mass is 35.5. The number of hydrogen-bond donors (Lipinski definition) is 1. The van der Waals surface area contributed by atoms with Gasteiger partial charge in [-0.15, -0.1) is 0 Å². The Bertz CT molecular complexity index is 718. The lowest BCUT2D eigenvalue weighted by atomic mass is 10.1. The molecule has 25 heavy (non-hydrogen) atoms. The molecule has 0 atom stereocenters. The first kappa shape index (κ1) is 18.7. The molecule has 0 unspecified atom stereocenters. The summed E-state index contributed by atoms with van der Waals surface area (Å²) >= 11 is 5.81. The van der Waals surface area contributed by atoms with Gasteiger partial charge in [-0.1, -0.05) is 11.6 Å². The minimum atomic E-state index is -0.294. The third-order valence-corrected chi connectivity index (χ3v) is 3.67. The standard InChI is InChI=1S/C18H20ClNO5/c1-22-15-9-8-14(16(23-2)17(15)24-3)18(21)20-10-11-25-13-6-4-12(19)5-7-13/h4-9H,10-11H2,1-3H3,(H,20,21). The summed E-state index contributed by atoms with van der Waals surface area (Å²) in [5.41, 5.74) is 0.353. The van der Waals surface area contributed by atoms with Gasteiger partial charge in [-0.2, -0.15) is 0 Å². The van der Waals surface area contributed by atoms with E-state index in [2.05, 4.69) is 5.32 Å². The average Bonchev–Trinajstić information content (AvgIpc) is 2.64. The summed E-state index contributed by atoms with van der Waals surface area (Å²) in [5, 5.41) is 3.42. The Balaban J connectivity index is 1.97. The van der Waals surface area contributed by atoms with Crippen molar-refractivity contribution in [3.05, 3.63) is 47.0 Å². The molecule has 6 nitrogen and oxygen atoms in total. The lowest BCUT2D eigenvalue weighted by Gasteiger charge is -2.15. The summed E-state index contributed by atoms with van der Waals surface area (Å²) in [6.07, 6.45) is 0. The normalized spacial score (nSPS) is 10.1. The molecule has 2 rings (SSSR count). The maximum atomic E-state index is 12.4. The van der Waals surface area contributed by atoms with Crippen LogP contribution in [0.1, 0.15) is 10.4 Å². The monoisotopic (exact) mass is 365 g/mol. The number of halogens is 1. The zero-order chi connectivity index (χ0) is 18.2. The summed E-state index contributed by atoms with van der Waals surface area (Å²) in [4.78, 5) is 12.4. The van der Waals surface area contributed by atoms with Crippen LogP contribution in [0.25, 0.3) is 0 Å². The molecule has 0 aromatic heterocycles. The minimum absolute atomic E-state index is 0.294. The second kappa shape index (κ2) is 9.03. The van der Waals surface area contributed by atoms with Gasteiger partial charge in [0.05, 0.1) is 33.4 Å². The first-order valence-electron chi connectivity index (χ1n) is 7.56. The minimum Gasteiger partial charge on any atom is -0.493 e. The third kappa shape index (κ3) is 4.70. The quantitative estimate of drug-likeness (QED) is 0.728. The second-order valence-electron chi connectivity index (χ2n) is 4.94. The topological polar surface area (TPSA) is 66.0 Å². The van der Waals surface area contributed by atoms with E-state index >= 15 is 0 Å². The molecular formula is C18H20ClNO5. The molecule has 0 saturated carbocycles. The SMILES string of the molecule is COc1ccc(C(=O)NCCOc2ccc(Cl)cc2)c(OC)c1OC. The molecule has 0 bridgehead atoms. The number of benzene rings is 2. The summed E-state index contributed by atoms with van der Waals surface area (Å²) in [6, 6.07) is 10.3. The van der Waals surface area contributed by atoms with Gasteiger partial charge >= 0.3 is 0 Å². The molecule has 2 aromatic rings. The Morgan fingerprint density at radius 3 is 2.24 bits per heavy atom. The van der Waals surface area contributed by atoms with Crippen LogP contribution in [0.2, 0.25) is 5.02 Å². The van der Waals surface area contributed by atoms with E-state index in [0.29, 0.717) is 46.7 Å². The molecule has 1 N–H and O–H groups in total. The molecule has 0 aliphatic heterocycles. The van der Waals surface area contributed by atoms with Gasteiger partial charge in [0.1, 0.15) is 12.4 Å². The van der Waals surface area contributed by atoms with Crippen molar-refractivity contribution in [1.82, 2.24) is 5.32 Å². The average molecular weight is 366 g/mol. The molecule has 0 saturated heterocycles. The number of ether oxygens (including phenoxy) is 4. The van der Waals surface area contributed by atoms with Gasteiger partial charge in [0, 0.05) is 5.02 Å². The second-order valence-corrected chi connectivity index (χ2v) is 5.38. The molecule has 0 fully saturated rings. The number of hydrogen-bond acceptors (Lipinski definition) is 5. The summed E-state index contributed by atoms with van der Waals surface area (Å²) in [6.45, 7) is 0.655. The van der Waals surface area contributed by atoms with Crippen molar-refractivity contribution < 1.29 is 23.7 Å². The number of carbonyl (C=O) groups excluding carboxylic acids is 1. The number of amides is 1. The molecule has 7 heteroatoms. The van der Waals surface area contributed by atoms with E-state index in [1.807, 2.05) is 0 Å². The Morgan fingerprint density at radius 2 is 1.64 bits per heavy atom. The van der Waals surface area contributed by atoms with Crippen LogP contribution in [-0.2, 0) is 0 Å². The van der Waals surface area contributed by atoms with E-state index in [9.17, 15) is 4.79 Å². The first-order valence-corrected chi connectivity index (χ1v) is 7.94. The van der Waals surface area contributed by atoms with Crippen molar-refractivity contribution in [3.63, 3.8) is 0 Å². The van der Waals surface area contributed by atoms with Gasteiger partial charge in [0.2, 0.25) is 5.75 Å². The molecular weight excluding hydrogens is 346 g/mol. The van der Waals surface area contributed by atoms with Crippen LogP contribution in [-0.4, -0.2) is 40.4 Å². The van der Waals surface area contributed by atoms with Crippen LogP contribution in [0.5, 0.6) is 23.0 Å². The smallest absolute Gasteiger partial charge is 0.255 e. The Morgan fingerprint density at radius 1 is 0.960 bits per heavy atom. The van der Waals surface area contributed by atoms with Crippen LogP contribution in [0.3, 0.4) is 0 Å². The van der Waals surface area contributed by atoms with Crippen LogP contribution in [0, 0.1) is 0 Å². The fourth-order valence-electron chi connectivity index (χ4n) is 2.24. The zero-order valence-electron chi connectivity index (χ0n) is 14.3. The number of carbonyl (C=O) groups is 1. The maximum Gasteiger partial charge on any atom is 0.255 e. The van der Waals surface area contributed by atoms with Crippen LogP contribution in [0.4, 0.5) is 0 Å². The Hall–Kier alpha value is -2.60. The molecule has 134 valence electrons. The van der Waals surface area contributed by atoms with E-state index in [0.717, 1.165) is 0 Å². The van der Waals surface area contributed by atoms with E-state index in [1.54, 1.807) is 36.4 Å². The third-order valence-electron chi connectivity index (χ3n) is 3.42. The molecule has 0 heterocycles.